The molecule has 1 aromatic rings. The van der Waals surface area contributed by atoms with Gasteiger partial charge in [-0.25, -0.2) is 0 Å². The molecule has 0 aliphatic carbocycles. The van der Waals surface area contributed by atoms with Gasteiger partial charge in [-0.05, 0) is 56.3 Å². The number of guanidine groups is 1. The Kier molecular flexibility index (Phi) is 9.28. The molecule has 0 saturated carbocycles. The van der Waals surface area contributed by atoms with E-state index in [0.29, 0.717) is 0 Å². The number of hydrogen-bond donors (Lipinski definition) is 2. The third-order valence-corrected chi connectivity index (χ3v) is 5.06. The molecule has 0 bridgehead atoms. The van der Waals surface area contributed by atoms with Crippen molar-refractivity contribution in [3.63, 3.8) is 0 Å². The number of piperidine rings is 1. The highest BCUT2D eigenvalue weighted by atomic mass is 16.2. The van der Waals surface area contributed by atoms with Crippen LogP contribution < -0.4 is 10.6 Å². The topological polar surface area (TPSA) is 60.0 Å². The Morgan fingerprint density at radius 2 is 2.14 bits per heavy atom. The summed E-state index contributed by atoms with van der Waals surface area (Å²) in [5, 5.41) is 6.73. The summed E-state index contributed by atoms with van der Waals surface area (Å²) in [4.78, 5) is 21.0. The first-order chi connectivity index (χ1) is 13.5. The Morgan fingerprint density at radius 1 is 1.32 bits per heavy atom. The Balaban J connectivity index is 1.81. The molecule has 2 N–H and O–H groups in total. The lowest BCUT2D eigenvalue weighted by Crippen LogP contribution is -2.40. The summed E-state index contributed by atoms with van der Waals surface area (Å²) in [6, 6.07) is 7.86. The molecule has 1 amide bonds. The zero-order valence-electron chi connectivity index (χ0n) is 18.0. The van der Waals surface area contributed by atoms with Gasteiger partial charge in [0.15, 0.2) is 5.96 Å². The summed E-state index contributed by atoms with van der Waals surface area (Å²) in [7, 11) is 3.56. The van der Waals surface area contributed by atoms with Crippen molar-refractivity contribution in [3.8, 4) is 0 Å². The number of benzene rings is 1. The van der Waals surface area contributed by atoms with E-state index in [4.69, 9.17) is 4.99 Å². The lowest BCUT2D eigenvalue weighted by atomic mass is 10.0. The molecule has 0 radical (unpaired) electrons. The maximum absolute atomic E-state index is 12.1. The minimum atomic E-state index is 0.0386. The van der Waals surface area contributed by atoms with Crippen LogP contribution in [0.15, 0.2) is 29.3 Å². The van der Waals surface area contributed by atoms with Crippen LogP contribution in [0, 0.1) is 5.92 Å². The van der Waals surface area contributed by atoms with Gasteiger partial charge in [-0.1, -0.05) is 19.1 Å². The summed E-state index contributed by atoms with van der Waals surface area (Å²) < 4.78 is 0. The van der Waals surface area contributed by atoms with Gasteiger partial charge in [0.1, 0.15) is 0 Å². The predicted octanol–water partition coefficient (Wildman–Crippen LogP) is 2.22. The third kappa shape index (κ3) is 7.50. The van der Waals surface area contributed by atoms with Crippen LogP contribution in [0.5, 0.6) is 0 Å². The molecule has 2 rings (SSSR count). The van der Waals surface area contributed by atoms with E-state index in [-0.39, 0.29) is 5.91 Å². The quantitative estimate of drug-likeness (QED) is 0.530. The largest absolute Gasteiger partial charge is 0.357 e. The average molecular weight is 388 g/mol. The Morgan fingerprint density at radius 3 is 2.86 bits per heavy atom. The van der Waals surface area contributed by atoms with Crippen LogP contribution in [0.25, 0.3) is 0 Å². The van der Waals surface area contributed by atoms with Crippen LogP contribution >= 0.6 is 0 Å². The molecule has 1 aliphatic heterocycles. The highest BCUT2D eigenvalue weighted by Gasteiger charge is 2.15. The van der Waals surface area contributed by atoms with Crippen molar-refractivity contribution in [2.24, 2.45) is 10.9 Å². The number of hydrogen-bond acceptors (Lipinski definition) is 3. The number of nitrogens with zero attached hydrogens (tertiary/aromatic N) is 3. The molecule has 6 heteroatoms. The smallest absolute Gasteiger partial charge is 0.253 e. The summed E-state index contributed by atoms with van der Waals surface area (Å²) in [5.41, 5.74) is 1.89. The number of amides is 1. The Hall–Kier alpha value is -2.08. The van der Waals surface area contributed by atoms with Crippen molar-refractivity contribution in [3.05, 3.63) is 35.4 Å². The minimum Gasteiger partial charge on any atom is -0.357 e. The Labute approximate surface area is 170 Å². The molecule has 156 valence electrons. The number of likely N-dealkylation sites (tertiary alicyclic amines) is 1. The van der Waals surface area contributed by atoms with Crippen molar-refractivity contribution in [2.75, 3.05) is 53.4 Å². The molecule has 1 atom stereocenters. The fraction of sp³-hybridized carbons (Fsp3) is 0.636. The summed E-state index contributed by atoms with van der Waals surface area (Å²) >= 11 is 0. The van der Waals surface area contributed by atoms with Crippen molar-refractivity contribution < 1.29 is 4.79 Å². The third-order valence-electron chi connectivity index (χ3n) is 5.06. The van der Waals surface area contributed by atoms with E-state index >= 15 is 0 Å². The fourth-order valence-corrected chi connectivity index (χ4v) is 3.58. The van der Waals surface area contributed by atoms with Gasteiger partial charge in [0.2, 0.25) is 0 Å². The average Bonchev–Trinajstić information content (AvgIpc) is 2.67. The van der Waals surface area contributed by atoms with Crippen molar-refractivity contribution in [2.45, 2.75) is 33.1 Å². The van der Waals surface area contributed by atoms with Crippen LogP contribution in [0.1, 0.15) is 42.6 Å². The minimum absolute atomic E-state index is 0.0386. The fourth-order valence-electron chi connectivity index (χ4n) is 3.58. The molecule has 1 aliphatic rings. The first-order valence-corrected chi connectivity index (χ1v) is 10.5. The molecular weight excluding hydrogens is 350 g/mol. The lowest BCUT2D eigenvalue weighted by molar-refractivity contribution is 0.0827. The molecule has 1 fully saturated rings. The molecule has 6 nitrogen and oxygen atoms in total. The second kappa shape index (κ2) is 11.7. The van der Waals surface area contributed by atoms with Gasteiger partial charge in [-0.2, -0.15) is 0 Å². The Bertz CT molecular complexity index is 644. The maximum Gasteiger partial charge on any atom is 0.253 e. The second-order valence-corrected chi connectivity index (χ2v) is 7.89. The van der Waals surface area contributed by atoms with E-state index in [2.05, 4.69) is 35.4 Å². The van der Waals surface area contributed by atoms with Gasteiger partial charge in [-0.3, -0.25) is 9.79 Å². The maximum atomic E-state index is 12.1. The van der Waals surface area contributed by atoms with Gasteiger partial charge in [0, 0.05) is 45.8 Å². The number of nitrogens with one attached hydrogen (secondary N) is 2. The van der Waals surface area contributed by atoms with Crippen LogP contribution in [0.3, 0.4) is 0 Å². The van der Waals surface area contributed by atoms with E-state index in [1.165, 1.54) is 25.9 Å². The number of aliphatic imine (C=N–C) groups is 1. The molecule has 0 aromatic heterocycles. The van der Waals surface area contributed by atoms with Crippen LogP contribution in [-0.4, -0.2) is 75.0 Å². The predicted molar refractivity (Wildman–Crippen MR) is 117 cm³/mol. The van der Waals surface area contributed by atoms with E-state index < -0.39 is 0 Å². The van der Waals surface area contributed by atoms with Crippen LogP contribution in [0.4, 0.5) is 0 Å². The van der Waals surface area contributed by atoms with Gasteiger partial charge >= 0.3 is 0 Å². The normalized spacial score (nSPS) is 18.0. The molecule has 28 heavy (non-hydrogen) atoms. The van der Waals surface area contributed by atoms with Gasteiger partial charge in [0.05, 0.1) is 6.54 Å². The summed E-state index contributed by atoms with van der Waals surface area (Å²) in [6.45, 7) is 10.3. The lowest BCUT2D eigenvalue weighted by Gasteiger charge is -2.30. The summed E-state index contributed by atoms with van der Waals surface area (Å²) in [5.74, 6) is 1.71. The highest BCUT2D eigenvalue weighted by Crippen LogP contribution is 2.14. The van der Waals surface area contributed by atoms with E-state index in [9.17, 15) is 4.79 Å². The number of rotatable bonds is 8. The highest BCUT2D eigenvalue weighted by molar-refractivity contribution is 5.94. The van der Waals surface area contributed by atoms with Crippen molar-refractivity contribution in [1.82, 2.24) is 20.4 Å². The standard InChI is InChI=1S/C22H37N5O/c1-5-23-22(25-13-15-27-14-7-8-18(2)17-27)24-12-11-19-9-6-10-20(16-19)21(28)26(3)4/h6,9-10,16,18H,5,7-8,11-15,17H2,1-4H3,(H2,23,24,25). The molecule has 1 unspecified atom stereocenters. The van der Waals surface area contributed by atoms with Gasteiger partial charge in [0.25, 0.3) is 5.91 Å². The number of carbonyl (C=O) groups is 1. The molecule has 1 aromatic carbocycles. The van der Waals surface area contributed by atoms with Crippen LogP contribution in [-0.2, 0) is 6.42 Å². The first-order valence-electron chi connectivity index (χ1n) is 10.5. The monoisotopic (exact) mass is 387 g/mol. The molecular formula is C22H37N5O. The van der Waals surface area contributed by atoms with Crippen LogP contribution in [0.2, 0.25) is 0 Å². The zero-order valence-corrected chi connectivity index (χ0v) is 18.0. The number of carbonyl (C=O) groups excluding carboxylic acids is 1. The second-order valence-electron chi connectivity index (χ2n) is 7.89. The van der Waals surface area contributed by atoms with Crippen molar-refractivity contribution >= 4 is 11.9 Å². The SMILES string of the molecule is CCNC(=NCCN1CCCC(C)C1)NCCc1cccc(C(=O)N(C)C)c1. The van der Waals surface area contributed by atoms with Crippen molar-refractivity contribution in [1.29, 1.82) is 0 Å². The molecule has 0 spiro atoms. The van der Waals surface area contributed by atoms with Gasteiger partial charge in [-0.15, -0.1) is 0 Å². The van der Waals surface area contributed by atoms with E-state index in [0.717, 1.165) is 55.6 Å². The van der Waals surface area contributed by atoms with E-state index in [1.54, 1.807) is 19.0 Å². The van der Waals surface area contributed by atoms with E-state index in [1.807, 2.05) is 18.2 Å². The molecule has 1 heterocycles. The zero-order chi connectivity index (χ0) is 20.4. The molecule has 1 saturated heterocycles. The van der Waals surface area contributed by atoms with Gasteiger partial charge < -0.3 is 20.4 Å². The summed E-state index contributed by atoms with van der Waals surface area (Å²) in [6.07, 6.45) is 3.51. The first kappa shape index (κ1) is 22.2.